The molecule has 0 bridgehead atoms. The van der Waals surface area contributed by atoms with Crippen LogP contribution in [0.4, 0.5) is 11.5 Å². The van der Waals surface area contributed by atoms with Crippen molar-refractivity contribution in [3.63, 3.8) is 0 Å². The summed E-state index contributed by atoms with van der Waals surface area (Å²) in [5.41, 5.74) is 11.4. The highest BCUT2D eigenvalue weighted by Gasteiger charge is 2.25. The number of amides is 1. The zero-order chi connectivity index (χ0) is 21.5. The molecule has 1 amide bonds. The fraction of sp³-hybridized carbons (Fsp3) is 0.208. The van der Waals surface area contributed by atoms with Gasteiger partial charge in [0, 0.05) is 24.0 Å². The van der Waals surface area contributed by atoms with Crippen molar-refractivity contribution in [3.05, 3.63) is 87.5 Å². The number of anilines is 2. The second kappa shape index (κ2) is 7.43. The van der Waals surface area contributed by atoms with Crippen molar-refractivity contribution in [1.29, 1.82) is 0 Å². The number of aryl methyl sites for hydroxylation is 2. The molecule has 0 fully saturated rings. The molecular formula is C24H23N5O2. The molecule has 156 valence electrons. The van der Waals surface area contributed by atoms with Crippen molar-refractivity contribution in [2.45, 2.75) is 26.3 Å². The topological polar surface area (TPSA) is 97.0 Å². The smallest absolute Gasteiger partial charge is 0.275 e. The second-order valence-corrected chi connectivity index (χ2v) is 7.94. The van der Waals surface area contributed by atoms with Gasteiger partial charge in [-0.2, -0.15) is 0 Å². The maximum absolute atomic E-state index is 13.5. The Morgan fingerprint density at radius 3 is 2.87 bits per heavy atom. The van der Waals surface area contributed by atoms with E-state index in [4.69, 9.17) is 5.73 Å². The summed E-state index contributed by atoms with van der Waals surface area (Å²) in [6, 6.07) is 16.6. The fourth-order valence-corrected chi connectivity index (χ4v) is 4.24. The summed E-state index contributed by atoms with van der Waals surface area (Å²) in [5, 5.41) is 0. The highest BCUT2D eigenvalue weighted by atomic mass is 16.2. The Morgan fingerprint density at radius 1 is 1.16 bits per heavy atom. The molecule has 3 N–H and O–H groups in total. The Balaban J connectivity index is 1.54. The number of pyridine rings is 2. The molecule has 0 saturated carbocycles. The molecule has 0 unspecified atom stereocenters. The number of H-pyrrole nitrogens is 1. The average Bonchev–Trinajstić information content (AvgIpc) is 3.15. The van der Waals surface area contributed by atoms with Crippen molar-refractivity contribution in [3.8, 4) is 0 Å². The van der Waals surface area contributed by atoms with Gasteiger partial charge in [0.1, 0.15) is 11.5 Å². The number of aromatic amines is 1. The predicted molar refractivity (Wildman–Crippen MR) is 121 cm³/mol. The number of fused-ring (bicyclic) bond motifs is 2. The number of nitrogen functional groups attached to an aromatic ring is 1. The zero-order valence-corrected chi connectivity index (χ0v) is 17.3. The van der Waals surface area contributed by atoms with Gasteiger partial charge in [-0.3, -0.25) is 14.2 Å². The second-order valence-electron chi connectivity index (χ2n) is 7.94. The van der Waals surface area contributed by atoms with Crippen LogP contribution in [0.15, 0.2) is 59.4 Å². The van der Waals surface area contributed by atoms with E-state index in [2.05, 4.69) is 16.0 Å². The number of nitrogens with one attached hydrogen (secondary N) is 1. The Kier molecular flexibility index (Phi) is 4.58. The molecule has 1 aromatic carbocycles. The lowest BCUT2D eigenvalue weighted by atomic mass is 10.0. The minimum absolute atomic E-state index is 0.167. The molecule has 0 radical (unpaired) electrons. The summed E-state index contributed by atoms with van der Waals surface area (Å²) in [5.74, 6) is 0.314. The molecule has 0 saturated heterocycles. The van der Waals surface area contributed by atoms with E-state index in [1.807, 2.05) is 37.3 Å². The number of hydrogen-bond acceptors (Lipinski definition) is 4. The van der Waals surface area contributed by atoms with Crippen molar-refractivity contribution < 1.29 is 4.79 Å². The zero-order valence-electron chi connectivity index (χ0n) is 17.3. The SMILES string of the molecule is Cc1cc2[nH]c(Cn3c(C(=O)N4CCCc5ccccc54)cccc3=O)cc2nc1N. The van der Waals surface area contributed by atoms with E-state index >= 15 is 0 Å². The standard InChI is InChI=1S/C24H23N5O2/c1-15-12-18-19(27-23(15)25)13-17(26-18)14-29-21(9-4-10-22(29)30)24(31)28-11-5-7-16-6-2-3-8-20(16)28/h2-4,6,8-10,12-13,26H,5,7,11,14H2,1H3,(H2,25,27). The van der Waals surface area contributed by atoms with Crippen LogP contribution in [0.2, 0.25) is 0 Å². The quantitative estimate of drug-likeness (QED) is 0.539. The molecule has 0 atom stereocenters. The lowest BCUT2D eigenvalue weighted by Crippen LogP contribution is -2.39. The van der Waals surface area contributed by atoms with Gasteiger partial charge in [-0.15, -0.1) is 0 Å². The first-order valence-electron chi connectivity index (χ1n) is 10.4. The maximum atomic E-state index is 13.5. The molecule has 4 heterocycles. The lowest BCUT2D eigenvalue weighted by Gasteiger charge is -2.30. The number of para-hydroxylation sites is 1. The van der Waals surface area contributed by atoms with Crippen LogP contribution >= 0.6 is 0 Å². The number of carbonyl (C=O) groups excluding carboxylic acids is 1. The molecule has 7 nitrogen and oxygen atoms in total. The third-order valence-corrected chi connectivity index (χ3v) is 5.84. The first-order valence-corrected chi connectivity index (χ1v) is 10.4. The van der Waals surface area contributed by atoms with Gasteiger partial charge in [-0.25, -0.2) is 4.98 Å². The number of carbonyl (C=O) groups is 1. The van der Waals surface area contributed by atoms with Crippen molar-refractivity contribution >= 4 is 28.4 Å². The van der Waals surface area contributed by atoms with Crippen LogP contribution in [0.3, 0.4) is 0 Å². The summed E-state index contributed by atoms with van der Waals surface area (Å²) in [7, 11) is 0. The number of rotatable bonds is 3. The largest absolute Gasteiger partial charge is 0.383 e. The normalized spacial score (nSPS) is 13.4. The van der Waals surface area contributed by atoms with Gasteiger partial charge in [0.15, 0.2) is 0 Å². The van der Waals surface area contributed by atoms with Crippen LogP contribution in [0.25, 0.3) is 11.0 Å². The average molecular weight is 413 g/mol. The first kappa shape index (κ1) is 19.1. The Hall–Kier alpha value is -3.87. The molecule has 4 aromatic rings. The summed E-state index contributed by atoms with van der Waals surface area (Å²) in [6.45, 7) is 2.77. The van der Waals surface area contributed by atoms with Gasteiger partial charge in [-0.05, 0) is 55.2 Å². The monoisotopic (exact) mass is 413 g/mol. The molecule has 3 aromatic heterocycles. The highest BCUT2D eigenvalue weighted by Crippen LogP contribution is 2.28. The molecule has 31 heavy (non-hydrogen) atoms. The van der Waals surface area contributed by atoms with E-state index in [9.17, 15) is 9.59 Å². The van der Waals surface area contributed by atoms with E-state index in [-0.39, 0.29) is 18.0 Å². The maximum Gasteiger partial charge on any atom is 0.275 e. The molecule has 0 aliphatic carbocycles. The minimum Gasteiger partial charge on any atom is -0.383 e. The fourth-order valence-electron chi connectivity index (χ4n) is 4.24. The Bertz CT molecular complexity index is 1330. The van der Waals surface area contributed by atoms with Crippen LogP contribution in [-0.4, -0.2) is 27.0 Å². The number of nitrogens with zero attached hydrogens (tertiary/aromatic N) is 3. The van der Waals surface area contributed by atoms with Crippen molar-refractivity contribution in [1.82, 2.24) is 14.5 Å². The van der Waals surface area contributed by atoms with Crippen molar-refractivity contribution in [2.75, 3.05) is 17.2 Å². The van der Waals surface area contributed by atoms with Crippen LogP contribution in [0, 0.1) is 6.92 Å². The number of aromatic nitrogens is 3. The molecule has 1 aliphatic heterocycles. The lowest BCUT2D eigenvalue weighted by molar-refractivity contribution is 0.0975. The molecular weight excluding hydrogens is 390 g/mol. The first-order chi connectivity index (χ1) is 15.0. The number of nitrogens with two attached hydrogens (primary N) is 1. The van der Waals surface area contributed by atoms with E-state index in [0.29, 0.717) is 18.1 Å². The molecule has 1 aliphatic rings. The Labute approximate surface area is 179 Å². The van der Waals surface area contributed by atoms with E-state index < -0.39 is 0 Å². The van der Waals surface area contributed by atoms with Crippen LogP contribution in [-0.2, 0) is 13.0 Å². The van der Waals surface area contributed by atoms with Gasteiger partial charge in [-0.1, -0.05) is 24.3 Å². The minimum atomic E-state index is -0.224. The number of benzene rings is 1. The number of hydrogen-bond donors (Lipinski definition) is 2. The van der Waals surface area contributed by atoms with Gasteiger partial charge in [0.2, 0.25) is 0 Å². The predicted octanol–water partition coefficient (Wildman–Crippen LogP) is 3.26. The van der Waals surface area contributed by atoms with E-state index in [1.165, 1.54) is 10.6 Å². The van der Waals surface area contributed by atoms with Gasteiger partial charge in [0.05, 0.1) is 17.6 Å². The summed E-state index contributed by atoms with van der Waals surface area (Å²) >= 11 is 0. The summed E-state index contributed by atoms with van der Waals surface area (Å²) in [6.07, 6.45) is 1.85. The third kappa shape index (κ3) is 3.38. The van der Waals surface area contributed by atoms with Crippen LogP contribution in [0.5, 0.6) is 0 Å². The molecule has 5 rings (SSSR count). The van der Waals surface area contributed by atoms with E-state index in [1.54, 1.807) is 17.0 Å². The molecule has 7 heteroatoms. The third-order valence-electron chi connectivity index (χ3n) is 5.84. The van der Waals surface area contributed by atoms with Gasteiger partial charge in [0.25, 0.3) is 11.5 Å². The highest BCUT2D eigenvalue weighted by molar-refractivity contribution is 6.05. The van der Waals surface area contributed by atoms with Crippen LogP contribution in [0.1, 0.15) is 33.7 Å². The van der Waals surface area contributed by atoms with E-state index in [0.717, 1.165) is 46.4 Å². The molecule has 0 spiro atoms. The summed E-state index contributed by atoms with van der Waals surface area (Å²) in [4.78, 5) is 35.7. The summed E-state index contributed by atoms with van der Waals surface area (Å²) < 4.78 is 1.51. The van der Waals surface area contributed by atoms with Crippen molar-refractivity contribution in [2.24, 2.45) is 0 Å². The van der Waals surface area contributed by atoms with Gasteiger partial charge >= 0.3 is 0 Å². The van der Waals surface area contributed by atoms with Crippen LogP contribution < -0.4 is 16.2 Å². The van der Waals surface area contributed by atoms with Gasteiger partial charge < -0.3 is 15.6 Å². The Morgan fingerprint density at radius 2 is 2.00 bits per heavy atom.